The van der Waals surface area contributed by atoms with Gasteiger partial charge in [-0.25, -0.2) is 0 Å². The molecule has 0 amide bonds. The molecule has 2 aliphatic rings. The van der Waals surface area contributed by atoms with Crippen LogP contribution in [0.15, 0.2) is 30.3 Å². The Morgan fingerprint density at radius 1 is 1.06 bits per heavy atom. The zero-order chi connectivity index (χ0) is 12.4. The molecule has 2 fully saturated rings. The van der Waals surface area contributed by atoms with Crippen molar-refractivity contribution < 1.29 is 14.6 Å². The van der Waals surface area contributed by atoms with Crippen molar-refractivity contribution in [2.45, 2.75) is 50.1 Å². The average molecular weight is 248 g/mol. The highest BCUT2D eigenvalue weighted by molar-refractivity contribution is 5.16. The Kier molecular flexibility index (Phi) is 3.37. The van der Waals surface area contributed by atoms with Crippen molar-refractivity contribution in [1.29, 1.82) is 0 Å². The van der Waals surface area contributed by atoms with Crippen LogP contribution in [0.25, 0.3) is 0 Å². The van der Waals surface area contributed by atoms with Gasteiger partial charge < -0.3 is 14.6 Å². The highest BCUT2D eigenvalue weighted by atomic mass is 16.8. The Labute approximate surface area is 108 Å². The lowest BCUT2D eigenvalue weighted by Gasteiger charge is -2.21. The second-order valence-corrected chi connectivity index (χ2v) is 5.30. The minimum absolute atomic E-state index is 0.0181. The molecule has 0 radical (unpaired) electrons. The minimum Gasteiger partial charge on any atom is -0.394 e. The van der Waals surface area contributed by atoms with E-state index in [2.05, 4.69) is 12.1 Å². The van der Waals surface area contributed by atoms with Crippen LogP contribution in [-0.2, 0) is 15.9 Å². The van der Waals surface area contributed by atoms with Crippen LogP contribution >= 0.6 is 0 Å². The van der Waals surface area contributed by atoms with E-state index in [0.29, 0.717) is 0 Å². The lowest BCUT2D eigenvalue weighted by molar-refractivity contribution is -0.171. The Morgan fingerprint density at radius 3 is 2.39 bits per heavy atom. The predicted octanol–water partition coefficient (Wildman–Crippen LogP) is 2.28. The fourth-order valence-electron chi connectivity index (χ4n) is 3.06. The van der Waals surface area contributed by atoms with Gasteiger partial charge in [0, 0.05) is 19.3 Å². The summed E-state index contributed by atoms with van der Waals surface area (Å²) in [5, 5.41) is 9.45. The van der Waals surface area contributed by atoms with Gasteiger partial charge in [0.05, 0.1) is 12.7 Å². The van der Waals surface area contributed by atoms with E-state index in [1.54, 1.807) is 0 Å². The van der Waals surface area contributed by atoms with Gasteiger partial charge in [-0.15, -0.1) is 0 Å². The van der Waals surface area contributed by atoms with Crippen molar-refractivity contribution >= 4 is 0 Å². The molecule has 0 unspecified atom stereocenters. The maximum Gasteiger partial charge on any atom is 0.169 e. The van der Waals surface area contributed by atoms with Gasteiger partial charge in [0.2, 0.25) is 0 Å². The van der Waals surface area contributed by atoms with Crippen LogP contribution in [-0.4, -0.2) is 29.7 Å². The third kappa shape index (κ3) is 2.30. The van der Waals surface area contributed by atoms with Crippen molar-refractivity contribution in [2.75, 3.05) is 6.61 Å². The number of benzene rings is 1. The zero-order valence-corrected chi connectivity index (χ0v) is 10.5. The summed E-state index contributed by atoms with van der Waals surface area (Å²) in [6, 6.07) is 10.3. The first kappa shape index (κ1) is 12.2. The Hall–Kier alpha value is -0.900. The molecule has 1 saturated carbocycles. The summed E-state index contributed by atoms with van der Waals surface area (Å²) in [5.41, 5.74) is 1.24. The van der Waals surface area contributed by atoms with Crippen molar-refractivity contribution in [3.8, 4) is 0 Å². The molecule has 1 aliphatic heterocycles. The smallest absolute Gasteiger partial charge is 0.169 e. The summed E-state index contributed by atoms with van der Waals surface area (Å²) < 4.78 is 12.1. The molecule has 0 bridgehead atoms. The Balaban J connectivity index is 1.71. The molecule has 1 aliphatic carbocycles. The van der Waals surface area contributed by atoms with E-state index < -0.39 is 5.79 Å². The van der Waals surface area contributed by atoms with Gasteiger partial charge in [-0.2, -0.15) is 0 Å². The fraction of sp³-hybridized carbons (Fsp3) is 0.600. The second kappa shape index (κ2) is 5.00. The number of aliphatic hydroxyl groups is 1. The Bertz CT molecular complexity index is 384. The summed E-state index contributed by atoms with van der Waals surface area (Å²) in [6.45, 7) is 0.0409. The number of ether oxygens (including phenoxy) is 2. The molecule has 1 N–H and O–H groups in total. The van der Waals surface area contributed by atoms with E-state index in [1.807, 2.05) is 18.2 Å². The standard InChI is InChI=1S/C15H20O3/c16-11-14-13(10-12-6-2-1-3-7-12)17-15(18-14)8-4-5-9-15/h1-3,6-7,13-14,16H,4-5,8-11H2/t13-,14-/m1/s1. The molecule has 3 heteroatoms. The van der Waals surface area contributed by atoms with Gasteiger partial charge in [0.1, 0.15) is 6.10 Å². The molecule has 2 atom stereocenters. The first-order valence-corrected chi connectivity index (χ1v) is 6.82. The monoisotopic (exact) mass is 248 g/mol. The van der Waals surface area contributed by atoms with Crippen LogP contribution in [0.5, 0.6) is 0 Å². The van der Waals surface area contributed by atoms with E-state index in [0.717, 1.165) is 32.1 Å². The van der Waals surface area contributed by atoms with Gasteiger partial charge in [-0.1, -0.05) is 30.3 Å². The lowest BCUT2D eigenvalue weighted by Crippen LogP contribution is -2.28. The van der Waals surface area contributed by atoms with E-state index in [9.17, 15) is 5.11 Å². The Morgan fingerprint density at radius 2 is 1.72 bits per heavy atom. The normalized spacial score (nSPS) is 30.1. The number of rotatable bonds is 3. The quantitative estimate of drug-likeness (QED) is 0.892. The van der Waals surface area contributed by atoms with E-state index >= 15 is 0 Å². The summed E-state index contributed by atoms with van der Waals surface area (Å²) in [7, 11) is 0. The minimum atomic E-state index is -0.396. The molecule has 18 heavy (non-hydrogen) atoms. The lowest BCUT2D eigenvalue weighted by atomic mass is 10.0. The maximum absolute atomic E-state index is 9.45. The zero-order valence-electron chi connectivity index (χ0n) is 10.5. The highest BCUT2D eigenvalue weighted by Crippen LogP contribution is 2.42. The molecule has 1 aromatic rings. The summed E-state index contributed by atoms with van der Waals surface area (Å²) in [4.78, 5) is 0. The first-order valence-electron chi connectivity index (χ1n) is 6.82. The van der Waals surface area contributed by atoms with E-state index in [-0.39, 0.29) is 18.8 Å². The van der Waals surface area contributed by atoms with Crippen LogP contribution < -0.4 is 0 Å². The SMILES string of the molecule is OC[C@H]1OC2(CCCC2)O[C@@H]1Cc1ccccc1. The van der Waals surface area contributed by atoms with Gasteiger partial charge >= 0.3 is 0 Å². The molecule has 3 nitrogen and oxygen atoms in total. The van der Waals surface area contributed by atoms with Gasteiger partial charge in [-0.3, -0.25) is 0 Å². The van der Waals surface area contributed by atoms with Crippen LogP contribution in [0.2, 0.25) is 0 Å². The van der Waals surface area contributed by atoms with Crippen LogP contribution in [0, 0.1) is 0 Å². The molecule has 0 aromatic heterocycles. The fourth-order valence-corrected chi connectivity index (χ4v) is 3.06. The van der Waals surface area contributed by atoms with Crippen LogP contribution in [0.4, 0.5) is 0 Å². The van der Waals surface area contributed by atoms with E-state index in [1.165, 1.54) is 5.56 Å². The van der Waals surface area contributed by atoms with Crippen LogP contribution in [0.1, 0.15) is 31.2 Å². The highest BCUT2D eigenvalue weighted by Gasteiger charge is 2.48. The predicted molar refractivity (Wildman–Crippen MR) is 68.2 cm³/mol. The van der Waals surface area contributed by atoms with Crippen molar-refractivity contribution in [3.63, 3.8) is 0 Å². The van der Waals surface area contributed by atoms with Crippen molar-refractivity contribution in [3.05, 3.63) is 35.9 Å². The second-order valence-electron chi connectivity index (χ2n) is 5.30. The largest absolute Gasteiger partial charge is 0.394 e. The number of hydrogen-bond acceptors (Lipinski definition) is 3. The molecular formula is C15H20O3. The number of aliphatic hydroxyl groups excluding tert-OH is 1. The van der Waals surface area contributed by atoms with Gasteiger partial charge in [-0.05, 0) is 18.4 Å². The molecular weight excluding hydrogens is 228 g/mol. The molecule has 98 valence electrons. The third-order valence-electron chi connectivity index (χ3n) is 3.97. The third-order valence-corrected chi connectivity index (χ3v) is 3.97. The molecule has 1 spiro atoms. The van der Waals surface area contributed by atoms with Crippen LogP contribution in [0.3, 0.4) is 0 Å². The topological polar surface area (TPSA) is 38.7 Å². The maximum atomic E-state index is 9.45. The summed E-state index contributed by atoms with van der Waals surface area (Å²) in [5.74, 6) is -0.396. The molecule has 1 saturated heterocycles. The summed E-state index contributed by atoms with van der Waals surface area (Å²) in [6.07, 6.45) is 4.88. The molecule has 1 heterocycles. The van der Waals surface area contributed by atoms with Gasteiger partial charge in [0.25, 0.3) is 0 Å². The summed E-state index contributed by atoms with van der Waals surface area (Å²) >= 11 is 0. The van der Waals surface area contributed by atoms with Crippen molar-refractivity contribution in [2.24, 2.45) is 0 Å². The average Bonchev–Trinajstić information content (AvgIpc) is 2.99. The van der Waals surface area contributed by atoms with E-state index in [4.69, 9.17) is 9.47 Å². The first-order chi connectivity index (χ1) is 8.81. The molecule has 1 aromatic carbocycles. The van der Waals surface area contributed by atoms with Gasteiger partial charge in [0.15, 0.2) is 5.79 Å². The number of hydrogen-bond donors (Lipinski definition) is 1. The molecule has 3 rings (SSSR count). The van der Waals surface area contributed by atoms with Crippen molar-refractivity contribution in [1.82, 2.24) is 0 Å².